The number of anilines is 2. The van der Waals surface area contributed by atoms with Crippen molar-refractivity contribution in [3.63, 3.8) is 0 Å². The summed E-state index contributed by atoms with van der Waals surface area (Å²) >= 11 is 0. The number of primary amides is 1. The summed E-state index contributed by atoms with van der Waals surface area (Å²) in [6.07, 6.45) is 1.38. The molecule has 214 valence electrons. The molecule has 0 radical (unpaired) electrons. The Labute approximate surface area is 229 Å². The second-order valence-electron chi connectivity index (χ2n) is 8.85. The first-order valence-electron chi connectivity index (χ1n) is 11.9. The van der Waals surface area contributed by atoms with Gasteiger partial charge in [0.1, 0.15) is 18.4 Å². The Morgan fingerprint density at radius 3 is 2.55 bits per heavy atom. The minimum atomic E-state index is -3.67. The zero-order valence-corrected chi connectivity index (χ0v) is 22.3. The van der Waals surface area contributed by atoms with Gasteiger partial charge in [0.15, 0.2) is 5.96 Å². The molecule has 16 heteroatoms. The highest BCUT2D eigenvalue weighted by Gasteiger charge is 2.25. The Morgan fingerprint density at radius 1 is 1.12 bits per heavy atom. The van der Waals surface area contributed by atoms with E-state index >= 15 is 0 Å². The van der Waals surface area contributed by atoms with Gasteiger partial charge in [-0.1, -0.05) is 6.07 Å². The van der Waals surface area contributed by atoms with Crippen LogP contribution < -0.4 is 42.6 Å². The number of guanidine groups is 1. The zero-order chi connectivity index (χ0) is 29.4. The molecule has 1 aliphatic rings. The lowest BCUT2D eigenvalue weighted by Gasteiger charge is -2.21. The van der Waals surface area contributed by atoms with E-state index in [1.807, 2.05) is 0 Å². The molecule has 3 rings (SSSR count). The van der Waals surface area contributed by atoms with Gasteiger partial charge in [-0.25, -0.2) is 8.42 Å². The minimum absolute atomic E-state index is 0.0597. The highest BCUT2D eigenvalue weighted by atomic mass is 32.2. The Bertz CT molecular complexity index is 1460. The summed E-state index contributed by atoms with van der Waals surface area (Å²) in [6.45, 7) is -0.412. The Kier molecular flexibility index (Phi) is 9.50. The van der Waals surface area contributed by atoms with Crippen molar-refractivity contribution in [2.45, 2.75) is 25.5 Å². The molecule has 2 aromatic rings. The highest BCUT2D eigenvalue weighted by molar-refractivity contribution is 7.92. The number of carbonyl (C=O) groups is 4. The van der Waals surface area contributed by atoms with E-state index < -0.39 is 46.2 Å². The van der Waals surface area contributed by atoms with Gasteiger partial charge in [0.2, 0.25) is 27.7 Å². The molecule has 0 unspecified atom stereocenters. The van der Waals surface area contributed by atoms with Gasteiger partial charge in [0, 0.05) is 29.0 Å². The molecular weight excluding hydrogens is 544 g/mol. The average Bonchev–Trinajstić information content (AvgIpc) is 2.87. The Balaban J connectivity index is 2.02. The number of ether oxygens (including phenoxy) is 1. The van der Waals surface area contributed by atoms with Crippen molar-refractivity contribution in [2.24, 2.45) is 22.2 Å². The summed E-state index contributed by atoms with van der Waals surface area (Å²) in [5, 5.41) is 7.71. The van der Waals surface area contributed by atoms with Crippen LogP contribution in [-0.2, 0) is 26.2 Å². The van der Waals surface area contributed by atoms with Crippen LogP contribution in [0.4, 0.5) is 11.4 Å². The summed E-state index contributed by atoms with van der Waals surface area (Å²) in [4.78, 5) is 54.5. The van der Waals surface area contributed by atoms with E-state index in [4.69, 9.17) is 21.9 Å². The number of hydrogen-bond acceptors (Lipinski definition) is 8. The topological polar surface area (TPSA) is 250 Å². The quantitative estimate of drug-likeness (QED) is 0.121. The fourth-order valence-corrected chi connectivity index (χ4v) is 4.29. The molecular formula is C24H30N8O7S. The number of benzene rings is 2. The number of aliphatic imine (C=N–C) groups is 1. The van der Waals surface area contributed by atoms with Gasteiger partial charge in [-0.15, -0.1) is 0 Å². The minimum Gasteiger partial charge on any atom is -0.488 e. The smallest absolute Gasteiger partial charge is 0.255 e. The number of amides is 4. The third-order valence-electron chi connectivity index (χ3n) is 5.57. The van der Waals surface area contributed by atoms with Gasteiger partial charge in [-0.2, -0.15) is 0 Å². The molecule has 1 aliphatic heterocycles. The van der Waals surface area contributed by atoms with Crippen LogP contribution in [0.1, 0.15) is 39.1 Å². The van der Waals surface area contributed by atoms with Crippen molar-refractivity contribution in [2.75, 3.05) is 29.4 Å². The second-order valence-corrected chi connectivity index (χ2v) is 10.6. The number of rotatable bonds is 7. The number of sulfonamides is 1. The Hall–Kier alpha value is -4.86. The molecule has 1 atom stereocenters. The summed E-state index contributed by atoms with van der Waals surface area (Å²) < 4.78 is 31.7. The molecule has 2 aromatic carbocycles. The van der Waals surface area contributed by atoms with Crippen molar-refractivity contribution in [3.05, 3.63) is 53.1 Å². The van der Waals surface area contributed by atoms with Crippen LogP contribution in [0.25, 0.3) is 0 Å². The molecule has 0 spiro atoms. The number of nitrogens with one attached hydrogen (secondary N) is 4. The van der Waals surface area contributed by atoms with Gasteiger partial charge < -0.3 is 37.9 Å². The lowest BCUT2D eigenvalue weighted by atomic mass is 10.1. The molecule has 4 amide bonds. The van der Waals surface area contributed by atoms with Crippen LogP contribution >= 0.6 is 0 Å². The summed E-state index contributed by atoms with van der Waals surface area (Å²) in [6, 6.07) is 7.28. The standard InChI is InChI=1S/C24H30N8O7S/c1-40(37,38)32-15-6-7-19-16(10-15)22(35)31-17(3-2-8-28-24(26)27)23(36)29-11-20(33)30-18-9-13(21(25)34)4-5-14(18)12-39-19/h4-7,9-10,17,32H,2-3,8,11-12H2,1H3,(H2,25,34)(H,29,36)(H,30,33)(H,31,35)(H4,26,27,28)/t17-/m0/s1. The van der Waals surface area contributed by atoms with E-state index in [0.717, 1.165) is 6.26 Å². The third kappa shape index (κ3) is 8.59. The van der Waals surface area contributed by atoms with Gasteiger partial charge >= 0.3 is 0 Å². The highest BCUT2D eigenvalue weighted by Crippen LogP contribution is 2.27. The number of carbonyl (C=O) groups excluding carboxylic acids is 4. The SMILES string of the molecule is CS(=O)(=O)Nc1ccc2c(c1)C(=O)N[C@@H](CCCN=C(N)N)C(=O)NCC(=O)Nc1cc(C(N)=O)ccc1CO2. The van der Waals surface area contributed by atoms with E-state index in [0.29, 0.717) is 12.0 Å². The maximum Gasteiger partial charge on any atom is 0.255 e. The Morgan fingerprint density at radius 2 is 1.88 bits per heavy atom. The van der Waals surface area contributed by atoms with Crippen LogP contribution in [0, 0.1) is 0 Å². The molecule has 40 heavy (non-hydrogen) atoms. The van der Waals surface area contributed by atoms with E-state index in [2.05, 4.69) is 25.7 Å². The van der Waals surface area contributed by atoms with E-state index in [1.165, 1.54) is 36.4 Å². The summed E-state index contributed by atoms with van der Waals surface area (Å²) in [5.41, 5.74) is 16.8. The maximum absolute atomic E-state index is 13.4. The van der Waals surface area contributed by atoms with Gasteiger partial charge in [0.05, 0.1) is 18.4 Å². The molecule has 0 saturated heterocycles. The molecule has 0 aliphatic carbocycles. The second kappa shape index (κ2) is 12.8. The molecule has 15 nitrogen and oxygen atoms in total. The fraction of sp³-hybridized carbons (Fsp3) is 0.292. The predicted molar refractivity (Wildman–Crippen MR) is 147 cm³/mol. The fourth-order valence-electron chi connectivity index (χ4n) is 3.73. The molecule has 0 aromatic heterocycles. The predicted octanol–water partition coefficient (Wildman–Crippen LogP) is -1.04. The van der Waals surface area contributed by atoms with Crippen molar-refractivity contribution in [1.82, 2.24) is 10.6 Å². The van der Waals surface area contributed by atoms with Gasteiger partial charge in [0.25, 0.3) is 5.91 Å². The monoisotopic (exact) mass is 574 g/mol. The largest absolute Gasteiger partial charge is 0.488 e. The van der Waals surface area contributed by atoms with Crippen molar-refractivity contribution in [3.8, 4) is 5.75 Å². The number of fused-ring (bicyclic) bond motifs is 2. The van der Waals surface area contributed by atoms with Crippen LogP contribution in [0.15, 0.2) is 41.4 Å². The molecule has 1 heterocycles. The first-order chi connectivity index (χ1) is 18.8. The van der Waals surface area contributed by atoms with Gasteiger partial charge in [-0.3, -0.25) is 28.9 Å². The summed E-state index contributed by atoms with van der Waals surface area (Å²) in [5.74, 6) is -2.79. The molecule has 0 bridgehead atoms. The lowest BCUT2D eigenvalue weighted by molar-refractivity contribution is -0.125. The first-order valence-corrected chi connectivity index (χ1v) is 13.8. The van der Waals surface area contributed by atoms with E-state index in [-0.39, 0.29) is 53.8 Å². The van der Waals surface area contributed by atoms with Crippen LogP contribution in [0.5, 0.6) is 5.75 Å². The van der Waals surface area contributed by atoms with Crippen LogP contribution in [-0.4, -0.2) is 63.4 Å². The van der Waals surface area contributed by atoms with Crippen molar-refractivity contribution < 1.29 is 32.3 Å². The third-order valence-corrected chi connectivity index (χ3v) is 6.18. The molecule has 0 fully saturated rings. The first kappa shape index (κ1) is 29.7. The maximum atomic E-state index is 13.4. The van der Waals surface area contributed by atoms with Crippen LogP contribution in [0.3, 0.4) is 0 Å². The number of nitrogens with two attached hydrogens (primary N) is 3. The molecule has 10 N–H and O–H groups in total. The number of hydrogen-bond donors (Lipinski definition) is 7. The summed E-state index contributed by atoms with van der Waals surface area (Å²) in [7, 11) is -3.67. The van der Waals surface area contributed by atoms with Crippen molar-refractivity contribution in [1.29, 1.82) is 0 Å². The van der Waals surface area contributed by atoms with E-state index in [1.54, 1.807) is 0 Å². The van der Waals surface area contributed by atoms with Gasteiger partial charge in [-0.05, 0) is 43.2 Å². The normalized spacial score (nSPS) is 16.0. The zero-order valence-electron chi connectivity index (χ0n) is 21.5. The van der Waals surface area contributed by atoms with Crippen molar-refractivity contribution >= 4 is 51.0 Å². The molecule has 0 saturated carbocycles. The lowest BCUT2D eigenvalue weighted by Crippen LogP contribution is -2.48. The van der Waals surface area contributed by atoms with Crippen LogP contribution in [0.2, 0.25) is 0 Å². The number of nitrogens with zero attached hydrogens (tertiary/aromatic N) is 1. The average molecular weight is 575 g/mol. The van der Waals surface area contributed by atoms with E-state index in [9.17, 15) is 27.6 Å².